The second-order valence-electron chi connectivity index (χ2n) is 28.9. The van der Waals surface area contributed by atoms with Crippen molar-refractivity contribution < 1.29 is 80.2 Å². The first-order valence-corrected chi connectivity index (χ1v) is 42.9. The van der Waals surface area contributed by atoms with Gasteiger partial charge in [0, 0.05) is 25.7 Å². The summed E-state index contributed by atoms with van der Waals surface area (Å²) in [7, 11) is -9.91. The third-order valence-corrected chi connectivity index (χ3v) is 20.1. The van der Waals surface area contributed by atoms with Gasteiger partial charge in [-0.15, -0.1) is 0 Å². The summed E-state index contributed by atoms with van der Waals surface area (Å²) in [6.07, 6.45) is 53.9. The van der Waals surface area contributed by atoms with Crippen LogP contribution in [0.1, 0.15) is 395 Å². The number of hydrogen-bond acceptors (Lipinski definition) is 15. The first-order valence-electron chi connectivity index (χ1n) is 39.9. The summed E-state index contributed by atoms with van der Waals surface area (Å²) in [6.45, 7) is 11.9. The molecule has 19 heteroatoms. The van der Waals surface area contributed by atoms with Crippen molar-refractivity contribution >= 4 is 39.5 Å². The van der Waals surface area contributed by atoms with Gasteiger partial charge in [0.05, 0.1) is 26.4 Å². The van der Waals surface area contributed by atoms with Crippen LogP contribution in [0.15, 0.2) is 0 Å². The highest BCUT2D eigenvalue weighted by Crippen LogP contribution is 2.45. The molecule has 0 fully saturated rings. The van der Waals surface area contributed by atoms with E-state index in [-0.39, 0.29) is 25.7 Å². The predicted octanol–water partition coefficient (Wildman–Crippen LogP) is 22.6. The Balaban J connectivity index is 5.27. The number of carbonyl (C=O) groups is 4. The fraction of sp³-hybridized carbons (Fsp3) is 0.948. The van der Waals surface area contributed by atoms with E-state index in [9.17, 15) is 43.2 Å². The minimum atomic E-state index is -4.96. The smallest absolute Gasteiger partial charge is 0.462 e. The SMILES string of the molecule is CCCCCCCCCCCCCCCCC(=O)O[C@H](COC(=O)CCCCCCCCCCC(C)C)COP(=O)(O)OC[C@H](O)COP(=O)(O)OC[C@@H](COC(=O)CCCCCCCCCCCCC(C)CC)OC(=O)CCCCCCCCCCCCCCCCC(C)C. The fourth-order valence-corrected chi connectivity index (χ4v) is 13.3. The molecule has 0 rings (SSSR count). The van der Waals surface area contributed by atoms with Gasteiger partial charge in [-0.3, -0.25) is 37.3 Å². The fourth-order valence-electron chi connectivity index (χ4n) is 11.7. The van der Waals surface area contributed by atoms with Crippen molar-refractivity contribution in [3.05, 3.63) is 0 Å². The lowest BCUT2D eigenvalue weighted by Gasteiger charge is -2.21. The molecule has 0 aromatic heterocycles. The molecule has 0 heterocycles. The van der Waals surface area contributed by atoms with E-state index in [1.165, 1.54) is 205 Å². The molecule has 0 aromatic rings. The third kappa shape index (κ3) is 69.2. The van der Waals surface area contributed by atoms with E-state index in [2.05, 4.69) is 48.5 Å². The minimum Gasteiger partial charge on any atom is -0.462 e. The lowest BCUT2D eigenvalue weighted by atomic mass is 9.99. The van der Waals surface area contributed by atoms with E-state index in [4.69, 9.17) is 37.0 Å². The molecule has 0 bridgehead atoms. The maximum Gasteiger partial charge on any atom is 0.472 e. The molecule has 0 saturated heterocycles. The molecular formula is C77H150O17P2. The van der Waals surface area contributed by atoms with Crippen molar-refractivity contribution in [1.29, 1.82) is 0 Å². The van der Waals surface area contributed by atoms with Crippen LogP contribution in [-0.2, 0) is 65.4 Å². The van der Waals surface area contributed by atoms with Crippen LogP contribution in [0.2, 0.25) is 0 Å². The van der Waals surface area contributed by atoms with Crippen LogP contribution in [0.25, 0.3) is 0 Å². The van der Waals surface area contributed by atoms with E-state index in [1.54, 1.807) is 0 Å². The maximum atomic E-state index is 13.1. The summed E-state index contributed by atoms with van der Waals surface area (Å²) >= 11 is 0. The lowest BCUT2D eigenvalue weighted by molar-refractivity contribution is -0.161. The van der Waals surface area contributed by atoms with Gasteiger partial charge in [-0.1, -0.05) is 344 Å². The first kappa shape index (κ1) is 94.1. The molecule has 0 aliphatic rings. The minimum absolute atomic E-state index is 0.107. The standard InChI is InChI=1S/C77H150O17P2/c1-8-10-11-12-13-14-15-16-20-23-30-39-46-53-60-76(81)94-73(65-88-75(80)59-52-45-38-33-32-35-42-49-56-69(5)6)67-92-96(85,86)90-63-71(78)62-89-95(83,84)91-66-72(64-87-74(79)58-51-44-37-29-26-25-28-36-43-50-57-70(7)9-2)93-77(82)61-54-47-40-31-24-21-18-17-19-22-27-34-41-48-55-68(3)4/h68-73,78H,8-67H2,1-7H3,(H,83,84)(H,85,86)/t70?,71-,72-,73-/m1/s1. The molecule has 0 aliphatic carbocycles. The average molecular weight is 1410 g/mol. The normalized spacial score (nSPS) is 14.3. The molecule has 0 aromatic carbocycles. The van der Waals surface area contributed by atoms with Crippen molar-refractivity contribution in [3.8, 4) is 0 Å². The van der Waals surface area contributed by atoms with Crippen molar-refractivity contribution in [2.75, 3.05) is 39.6 Å². The van der Waals surface area contributed by atoms with Crippen molar-refractivity contribution in [2.45, 2.75) is 414 Å². The Labute approximate surface area is 588 Å². The topological polar surface area (TPSA) is 237 Å². The van der Waals surface area contributed by atoms with Crippen LogP contribution in [0.4, 0.5) is 0 Å². The second kappa shape index (κ2) is 67.5. The second-order valence-corrected chi connectivity index (χ2v) is 31.8. The maximum absolute atomic E-state index is 13.1. The number of phosphoric acid groups is 2. The van der Waals surface area contributed by atoms with Crippen LogP contribution in [0.5, 0.6) is 0 Å². The molecule has 0 aliphatic heterocycles. The summed E-state index contributed by atoms with van der Waals surface area (Å²) < 4.78 is 68.6. The van der Waals surface area contributed by atoms with Crippen LogP contribution in [-0.4, -0.2) is 96.7 Å². The third-order valence-electron chi connectivity index (χ3n) is 18.2. The highest BCUT2D eigenvalue weighted by molar-refractivity contribution is 7.47. The lowest BCUT2D eigenvalue weighted by Crippen LogP contribution is -2.30. The van der Waals surface area contributed by atoms with E-state index in [0.29, 0.717) is 25.7 Å². The van der Waals surface area contributed by atoms with Gasteiger partial charge >= 0.3 is 39.5 Å². The number of rotatable bonds is 75. The number of aliphatic hydroxyl groups excluding tert-OH is 1. The molecule has 0 amide bonds. The Bertz CT molecular complexity index is 1870. The molecule has 0 saturated carbocycles. The number of aliphatic hydroxyl groups is 1. The van der Waals surface area contributed by atoms with Gasteiger partial charge in [0.1, 0.15) is 19.3 Å². The Morgan fingerprint density at radius 3 is 0.792 bits per heavy atom. The molecule has 96 heavy (non-hydrogen) atoms. The van der Waals surface area contributed by atoms with Gasteiger partial charge in [0.25, 0.3) is 0 Å². The number of ether oxygens (including phenoxy) is 4. The molecule has 0 radical (unpaired) electrons. The largest absolute Gasteiger partial charge is 0.472 e. The Morgan fingerprint density at radius 1 is 0.302 bits per heavy atom. The highest BCUT2D eigenvalue weighted by atomic mass is 31.2. The van der Waals surface area contributed by atoms with Crippen LogP contribution < -0.4 is 0 Å². The number of carbonyl (C=O) groups excluding carboxylic acids is 4. The molecule has 17 nitrogen and oxygen atoms in total. The van der Waals surface area contributed by atoms with Crippen molar-refractivity contribution in [1.82, 2.24) is 0 Å². The van der Waals surface area contributed by atoms with Gasteiger partial charge in [0.15, 0.2) is 12.2 Å². The molecule has 6 atom stereocenters. The average Bonchev–Trinajstić information content (AvgIpc) is 2.17. The van der Waals surface area contributed by atoms with Crippen LogP contribution in [0.3, 0.4) is 0 Å². The van der Waals surface area contributed by atoms with Gasteiger partial charge in [-0.05, 0) is 43.4 Å². The van der Waals surface area contributed by atoms with E-state index in [0.717, 1.165) is 108 Å². The molecule has 0 spiro atoms. The Kier molecular flexibility index (Phi) is 66.2. The summed E-state index contributed by atoms with van der Waals surface area (Å²) in [5.74, 6) is 0.216. The molecule has 3 unspecified atom stereocenters. The number of hydrogen-bond donors (Lipinski definition) is 3. The molecular weight excluding hydrogens is 1260 g/mol. The van der Waals surface area contributed by atoms with E-state index < -0.39 is 97.5 Å². The zero-order valence-corrected chi connectivity index (χ0v) is 64.6. The zero-order chi connectivity index (χ0) is 70.9. The monoisotopic (exact) mass is 1410 g/mol. The predicted molar refractivity (Wildman–Crippen MR) is 391 cm³/mol. The van der Waals surface area contributed by atoms with Gasteiger partial charge in [-0.25, -0.2) is 9.13 Å². The summed E-state index contributed by atoms with van der Waals surface area (Å²) in [5.41, 5.74) is 0. The summed E-state index contributed by atoms with van der Waals surface area (Å²) in [5, 5.41) is 10.6. The Morgan fingerprint density at radius 2 is 0.531 bits per heavy atom. The van der Waals surface area contributed by atoms with E-state index >= 15 is 0 Å². The van der Waals surface area contributed by atoms with Crippen molar-refractivity contribution in [3.63, 3.8) is 0 Å². The van der Waals surface area contributed by atoms with Gasteiger partial charge < -0.3 is 33.8 Å². The van der Waals surface area contributed by atoms with Crippen LogP contribution in [0, 0.1) is 17.8 Å². The quantitative estimate of drug-likeness (QED) is 0.0222. The summed E-state index contributed by atoms with van der Waals surface area (Å²) in [4.78, 5) is 72.9. The Hall–Kier alpha value is -1.94. The number of unbranched alkanes of at least 4 members (excludes halogenated alkanes) is 42. The van der Waals surface area contributed by atoms with Gasteiger partial charge in [-0.2, -0.15) is 0 Å². The van der Waals surface area contributed by atoms with Crippen molar-refractivity contribution in [2.24, 2.45) is 17.8 Å². The summed E-state index contributed by atoms with van der Waals surface area (Å²) in [6, 6.07) is 0. The first-order chi connectivity index (χ1) is 46.3. The van der Waals surface area contributed by atoms with E-state index in [1.807, 2.05) is 0 Å². The van der Waals surface area contributed by atoms with Crippen LogP contribution >= 0.6 is 15.6 Å². The van der Waals surface area contributed by atoms with Gasteiger partial charge in [0.2, 0.25) is 0 Å². The molecule has 3 N–H and O–H groups in total. The zero-order valence-electron chi connectivity index (χ0n) is 62.8. The number of phosphoric ester groups is 2. The highest BCUT2D eigenvalue weighted by Gasteiger charge is 2.30. The molecule has 570 valence electrons. The number of esters is 4.